The van der Waals surface area contributed by atoms with Gasteiger partial charge in [-0.3, -0.25) is 4.79 Å². The Bertz CT molecular complexity index is 482. The lowest BCUT2D eigenvalue weighted by Crippen LogP contribution is -2.50. The van der Waals surface area contributed by atoms with Crippen LogP contribution in [-0.4, -0.2) is 116 Å². The standard InChI is InChI=1S/C19H35NO10/c21-11-14-2-1-13(29-14)10-20-17(24)3-4-26-5-6-27-7-8-28-18-9-15(23)19(25)16(12-22)30-18/h13-16,18-19,21-23,25H,1-12H2,(H,20,24). The molecule has 2 heterocycles. The van der Waals surface area contributed by atoms with Crippen LogP contribution in [0.25, 0.3) is 0 Å². The number of carbonyl (C=O) groups is 1. The minimum Gasteiger partial charge on any atom is -0.394 e. The van der Waals surface area contributed by atoms with Crippen LogP contribution in [0.2, 0.25) is 0 Å². The fourth-order valence-corrected chi connectivity index (χ4v) is 3.28. The predicted molar refractivity (Wildman–Crippen MR) is 103 cm³/mol. The molecule has 2 aliphatic rings. The van der Waals surface area contributed by atoms with Crippen LogP contribution >= 0.6 is 0 Å². The Labute approximate surface area is 176 Å². The van der Waals surface area contributed by atoms with Gasteiger partial charge in [0.05, 0.1) is 64.6 Å². The van der Waals surface area contributed by atoms with Gasteiger partial charge in [-0.15, -0.1) is 0 Å². The molecule has 6 unspecified atom stereocenters. The van der Waals surface area contributed by atoms with Gasteiger partial charge < -0.3 is 49.4 Å². The van der Waals surface area contributed by atoms with E-state index in [0.29, 0.717) is 26.4 Å². The molecule has 0 aliphatic carbocycles. The van der Waals surface area contributed by atoms with Crippen LogP contribution in [0.15, 0.2) is 0 Å². The van der Waals surface area contributed by atoms with E-state index in [2.05, 4.69) is 5.32 Å². The van der Waals surface area contributed by atoms with Gasteiger partial charge in [-0.25, -0.2) is 0 Å². The maximum Gasteiger partial charge on any atom is 0.222 e. The molecule has 0 saturated carbocycles. The molecule has 30 heavy (non-hydrogen) atoms. The van der Waals surface area contributed by atoms with E-state index in [4.69, 9.17) is 33.9 Å². The summed E-state index contributed by atoms with van der Waals surface area (Å²) in [6.07, 6.45) is -1.84. The summed E-state index contributed by atoms with van der Waals surface area (Å²) in [5, 5.41) is 40.3. The molecule has 0 bridgehead atoms. The highest BCUT2D eigenvalue weighted by molar-refractivity contribution is 5.75. The third-order valence-electron chi connectivity index (χ3n) is 5.02. The second-order valence-corrected chi connectivity index (χ2v) is 7.37. The van der Waals surface area contributed by atoms with Gasteiger partial charge >= 0.3 is 0 Å². The first-order valence-electron chi connectivity index (χ1n) is 10.5. The second-order valence-electron chi connectivity index (χ2n) is 7.37. The van der Waals surface area contributed by atoms with Gasteiger partial charge in [-0.05, 0) is 12.8 Å². The number of aliphatic hydroxyl groups is 4. The Kier molecular flexibility index (Phi) is 12.0. The summed E-state index contributed by atoms with van der Waals surface area (Å²) in [4.78, 5) is 11.8. The highest BCUT2D eigenvalue weighted by atomic mass is 16.7. The molecular weight excluding hydrogens is 402 g/mol. The summed E-state index contributed by atoms with van der Waals surface area (Å²) in [6, 6.07) is 0. The van der Waals surface area contributed by atoms with Gasteiger partial charge in [0.2, 0.25) is 5.91 Å². The monoisotopic (exact) mass is 437 g/mol. The van der Waals surface area contributed by atoms with Gasteiger partial charge in [-0.1, -0.05) is 0 Å². The van der Waals surface area contributed by atoms with E-state index in [1.54, 1.807) is 0 Å². The molecule has 0 aromatic rings. The van der Waals surface area contributed by atoms with Crippen molar-refractivity contribution in [3.63, 3.8) is 0 Å². The number of aliphatic hydroxyl groups excluding tert-OH is 4. The molecule has 176 valence electrons. The molecule has 2 saturated heterocycles. The Morgan fingerprint density at radius 3 is 2.33 bits per heavy atom. The van der Waals surface area contributed by atoms with Crippen LogP contribution in [0, 0.1) is 0 Å². The maximum absolute atomic E-state index is 11.8. The first-order chi connectivity index (χ1) is 14.5. The fourth-order valence-electron chi connectivity index (χ4n) is 3.28. The van der Waals surface area contributed by atoms with E-state index >= 15 is 0 Å². The summed E-state index contributed by atoms with van der Waals surface area (Å²) in [5.74, 6) is -0.110. The molecule has 2 fully saturated rings. The first-order valence-corrected chi connectivity index (χ1v) is 10.5. The number of nitrogens with one attached hydrogen (secondary N) is 1. The van der Waals surface area contributed by atoms with E-state index < -0.39 is 31.2 Å². The first kappa shape index (κ1) is 25.4. The molecule has 0 radical (unpaired) electrons. The van der Waals surface area contributed by atoms with Crippen molar-refractivity contribution in [3.8, 4) is 0 Å². The normalized spacial score (nSPS) is 31.7. The fraction of sp³-hybridized carbons (Fsp3) is 0.947. The number of amides is 1. The molecular formula is C19H35NO10. The van der Waals surface area contributed by atoms with E-state index in [1.165, 1.54) is 0 Å². The number of ether oxygens (including phenoxy) is 5. The zero-order chi connectivity index (χ0) is 21.8. The van der Waals surface area contributed by atoms with Crippen molar-refractivity contribution in [3.05, 3.63) is 0 Å². The number of hydrogen-bond donors (Lipinski definition) is 5. The maximum atomic E-state index is 11.8. The SMILES string of the molecule is O=C(CCOCCOCCOC1CC(O)C(O)C(CO)O1)NCC1CCC(CO)O1. The number of rotatable bonds is 14. The molecule has 2 aliphatic heterocycles. The van der Waals surface area contributed by atoms with Gasteiger partial charge in [0.25, 0.3) is 0 Å². The molecule has 11 heteroatoms. The smallest absolute Gasteiger partial charge is 0.222 e. The van der Waals surface area contributed by atoms with Crippen molar-refractivity contribution in [1.82, 2.24) is 5.32 Å². The molecule has 5 N–H and O–H groups in total. The lowest BCUT2D eigenvalue weighted by atomic mass is 10.0. The third-order valence-corrected chi connectivity index (χ3v) is 5.02. The van der Waals surface area contributed by atoms with E-state index in [9.17, 15) is 15.0 Å². The van der Waals surface area contributed by atoms with Gasteiger partial charge in [0, 0.05) is 19.4 Å². The molecule has 6 atom stereocenters. The Morgan fingerprint density at radius 2 is 1.63 bits per heavy atom. The Balaban J connectivity index is 1.38. The zero-order valence-electron chi connectivity index (χ0n) is 17.2. The predicted octanol–water partition coefficient (Wildman–Crippen LogP) is -2.09. The second kappa shape index (κ2) is 14.2. The zero-order valence-corrected chi connectivity index (χ0v) is 17.2. The number of carbonyl (C=O) groups excluding carboxylic acids is 1. The minimum atomic E-state index is -1.13. The number of hydrogen-bond acceptors (Lipinski definition) is 10. The summed E-state index contributed by atoms with van der Waals surface area (Å²) in [7, 11) is 0. The Hall–Kier alpha value is -0.890. The average Bonchev–Trinajstić information content (AvgIpc) is 3.21. The highest BCUT2D eigenvalue weighted by Gasteiger charge is 2.36. The molecule has 2 rings (SSSR count). The van der Waals surface area contributed by atoms with Gasteiger partial charge in [-0.2, -0.15) is 0 Å². The van der Waals surface area contributed by atoms with E-state index in [-0.39, 0.29) is 50.8 Å². The average molecular weight is 437 g/mol. The lowest BCUT2D eigenvalue weighted by Gasteiger charge is -2.35. The Morgan fingerprint density at radius 1 is 0.933 bits per heavy atom. The summed E-state index contributed by atoms with van der Waals surface area (Å²) < 4.78 is 27.0. The van der Waals surface area contributed by atoms with E-state index in [0.717, 1.165) is 12.8 Å². The van der Waals surface area contributed by atoms with Crippen molar-refractivity contribution in [1.29, 1.82) is 0 Å². The van der Waals surface area contributed by atoms with E-state index in [1.807, 2.05) is 0 Å². The quantitative estimate of drug-likeness (QED) is 0.191. The van der Waals surface area contributed by atoms with Crippen molar-refractivity contribution >= 4 is 5.91 Å². The minimum absolute atomic E-state index is 0.0122. The molecule has 0 aromatic heterocycles. The van der Waals surface area contributed by atoms with Crippen LogP contribution < -0.4 is 5.32 Å². The molecule has 0 aromatic carbocycles. The van der Waals surface area contributed by atoms with Gasteiger partial charge in [0.15, 0.2) is 6.29 Å². The lowest BCUT2D eigenvalue weighted by molar-refractivity contribution is -0.259. The largest absolute Gasteiger partial charge is 0.394 e. The van der Waals surface area contributed by atoms with Crippen LogP contribution in [0.4, 0.5) is 0 Å². The molecule has 1 amide bonds. The van der Waals surface area contributed by atoms with Crippen molar-refractivity contribution in [2.24, 2.45) is 0 Å². The third kappa shape index (κ3) is 9.08. The summed E-state index contributed by atoms with van der Waals surface area (Å²) >= 11 is 0. The van der Waals surface area contributed by atoms with Gasteiger partial charge in [0.1, 0.15) is 12.2 Å². The van der Waals surface area contributed by atoms with Crippen LogP contribution in [0.5, 0.6) is 0 Å². The van der Waals surface area contributed by atoms with Crippen molar-refractivity contribution in [2.75, 3.05) is 52.8 Å². The summed E-state index contributed by atoms with van der Waals surface area (Å²) in [5.41, 5.74) is 0. The van der Waals surface area contributed by atoms with Crippen molar-refractivity contribution < 1.29 is 48.9 Å². The summed E-state index contributed by atoms with van der Waals surface area (Å²) in [6.45, 7) is 1.55. The van der Waals surface area contributed by atoms with Crippen LogP contribution in [0.1, 0.15) is 25.7 Å². The molecule has 11 nitrogen and oxygen atoms in total. The van der Waals surface area contributed by atoms with Crippen LogP contribution in [0.3, 0.4) is 0 Å². The molecule has 0 spiro atoms. The highest BCUT2D eigenvalue weighted by Crippen LogP contribution is 2.21. The van der Waals surface area contributed by atoms with Crippen LogP contribution in [-0.2, 0) is 28.5 Å². The topological polar surface area (TPSA) is 156 Å². The van der Waals surface area contributed by atoms with Crippen molar-refractivity contribution in [2.45, 2.75) is 62.5 Å².